The van der Waals surface area contributed by atoms with Crippen molar-refractivity contribution >= 4 is 11.4 Å². The summed E-state index contributed by atoms with van der Waals surface area (Å²) in [6.07, 6.45) is 4.34. The van der Waals surface area contributed by atoms with Crippen LogP contribution in [0.1, 0.15) is 24.5 Å². The van der Waals surface area contributed by atoms with Crippen LogP contribution < -0.4 is 0 Å². The van der Waals surface area contributed by atoms with Crippen LogP contribution in [0.2, 0.25) is 0 Å². The summed E-state index contributed by atoms with van der Waals surface area (Å²) < 4.78 is 0. The van der Waals surface area contributed by atoms with Gasteiger partial charge in [0.1, 0.15) is 0 Å². The summed E-state index contributed by atoms with van der Waals surface area (Å²) in [4.78, 5) is 11.4. The van der Waals surface area contributed by atoms with E-state index in [2.05, 4.69) is 25.1 Å². The van der Waals surface area contributed by atoms with Gasteiger partial charge in [0.15, 0.2) is 5.78 Å². The lowest BCUT2D eigenvalue weighted by molar-refractivity contribution is -0.113. The Balaban J connectivity index is 2.47. The lowest BCUT2D eigenvalue weighted by Crippen LogP contribution is -1.86. The van der Waals surface area contributed by atoms with Crippen LogP contribution in [0.3, 0.4) is 0 Å². The van der Waals surface area contributed by atoms with E-state index in [1.54, 1.807) is 6.08 Å². The summed E-state index contributed by atoms with van der Waals surface area (Å²) in [5.41, 5.74) is 4.61. The van der Waals surface area contributed by atoms with Crippen molar-refractivity contribution in [3.8, 4) is 0 Å². The second kappa shape index (κ2) is 3.85. The smallest absolute Gasteiger partial charge is 0.160 e. The first-order valence-electron chi connectivity index (χ1n) is 5.18. The van der Waals surface area contributed by atoms with E-state index in [0.717, 1.165) is 16.7 Å². The number of allylic oxidation sites excluding steroid dienone is 4. The van der Waals surface area contributed by atoms with Gasteiger partial charge < -0.3 is 0 Å². The van der Waals surface area contributed by atoms with Gasteiger partial charge in [-0.1, -0.05) is 35.9 Å². The molecule has 76 valence electrons. The third-order valence-electron chi connectivity index (χ3n) is 2.69. The van der Waals surface area contributed by atoms with Crippen molar-refractivity contribution in [1.29, 1.82) is 0 Å². The van der Waals surface area contributed by atoms with E-state index in [9.17, 15) is 4.79 Å². The van der Waals surface area contributed by atoms with Gasteiger partial charge in [-0.3, -0.25) is 4.79 Å². The average molecular weight is 198 g/mol. The molecule has 0 saturated carbocycles. The molecule has 0 spiro atoms. The molecule has 1 nitrogen and oxygen atoms in total. The van der Waals surface area contributed by atoms with Crippen molar-refractivity contribution in [2.24, 2.45) is 0 Å². The fourth-order valence-electron chi connectivity index (χ4n) is 1.93. The molecule has 1 aromatic rings. The van der Waals surface area contributed by atoms with Crippen molar-refractivity contribution in [2.45, 2.75) is 20.3 Å². The van der Waals surface area contributed by atoms with E-state index in [-0.39, 0.29) is 5.78 Å². The molecule has 0 amide bonds. The molecule has 0 radical (unpaired) electrons. The van der Waals surface area contributed by atoms with E-state index in [0.29, 0.717) is 6.42 Å². The highest BCUT2D eigenvalue weighted by atomic mass is 16.1. The number of carbonyl (C=O) groups is 1. The van der Waals surface area contributed by atoms with Gasteiger partial charge in [0.2, 0.25) is 0 Å². The maximum atomic E-state index is 11.4. The molecule has 15 heavy (non-hydrogen) atoms. The minimum Gasteiger partial charge on any atom is -0.294 e. The Labute approximate surface area is 90.1 Å². The van der Waals surface area contributed by atoms with Gasteiger partial charge in [0.25, 0.3) is 0 Å². The van der Waals surface area contributed by atoms with E-state index in [1.165, 1.54) is 5.56 Å². The van der Waals surface area contributed by atoms with Crippen LogP contribution in [0.15, 0.2) is 42.0 Å². The molecule has 0 bridgehead atoms. The molecule has 0 saturated heterocycles. The SMILES string of the molecule is C/C=C1/CC(=O)C=C1c1cccc(C)c1. The Morgan fingerprint density at radius 2 is 2.13 bits per heavy atom. The summed E-state index contributed by atoms with van der Waals surface area (Å²) in [6.45, 7) is 4.05. The largest absolute Gasteiger partial charge is 0.294 e. The van der Waals surface area contributed by atoms with Crippen molar-refractivity contribution in [1.82, 2.24) is 0 Å². The average Bonchev–Trinajstić information content (AvgIpc) is 2.59. The van der Waals surface area contributed by atoms with Gasteiger partial charge in [0.05, 0.1) is 0 Å². The van der Waals surface area contributed by atoms with Crippen molar-refractivity contribution < 1.29 is 4.79 Å². The van der Waals surface area contributed by atoms with E-state index >= 15 is 0 Å². The first kappa shape index (κ1) is 9.91. The van der Waals surface area contributed by atoms with Crippen LogP contribution in [0.5, 0.6) is 0 Å². The number of rotatable bonds is 1. The van der Waals surface area contributed by atoms with Gasteiger partial charge in [0, 0.05) is 6.42 Å². The Morgan fingerprint density at radius 3 is 2.80 bits per heavy atom. The zero-order valence-corrected chi connectivity index (χ0v) is 9.08. The Bertz CT molecular complexity index is 464. The van der Waals surface area contributed by atoms with Gasteiger partial charge in [-0.25, -0.2) is 0 Å². The molecule has 2 rings (SSSR count). The first-order chi connectivity index (χ1) is 7.20. The van der Waals surface area contributed by atoms with E-state index in [1.807, 2.05) is 19.1 Å². The minimum absolute atomic E-state index is 0.208. The topological polar surface area (TPSA) is 17.1 Å². The highest BCUT2D eigenvalue weighted by Crippen LogP contribution is 2.31. The molecule has 0 atom stereocenters. The molecule has 1 aromatic carbocycles. The highest BCUT2D eigenvalue weighted by Gasteiger charge is 2.18. The monoisotopic (exact) mass is 198 g/mol. The molecular weight excluding hydrogens is 184 g/mol. The third kappa shape index (κ3) is 1.91. The van der Waals surface area contributed by atoms with Crippen LogP contribution in [0, 0.1) is 6.92 Å². The standard InChI is InChI=1S/C14H14O/c1-3-11-8-13(15)9-14(11)12-6-4-5-10(2)7-12/h3-7,9H,8H2,1-2H3/b11-3-. The summed E-state index contributed by atoms with van der Waals surface area (Å²) >= 11 is 0. The predicted octanol–water partition coefficient (Wildman–Crippen LogP) is 3.30. The second-order valence-electron chi connectivity index (χ2n) is 3.88. The number of hydrogen-bond acceptors (Lipinski definition) is 1. The normalized spacial score (nSPS) is 18.4. The Kier molecular flexibility index (Phi) is 2.55. The molecular formula is C14H14O. The van der Waals surface area contributed by atoms with Crippen LogP contribution in [0.25, 0.3) is 5.57 Å². The number of benzene rings is 1. The van der Waals surface area contributed by atoms with Crippen LogP contribution in [0.4, 0.5) is 0 Å². The molecule has 0 unspecified atom stereocenters. The summed E-state index contributed by atoms with van der Waals surface area (Å²) in [7, 11) is 0. The molecule has 1 heteroatoms. The van der Waals surface area contributed by atoms with Crippen molar-refractivity contribution in [2.75, 3.05) is 0 Å². The minimum atomic E-state index is 0.208. The predicted molar refractivity (Wildman–Crippen MR) is 62.5 cm³/mol. The third-order valence-corrected chi connectivity index (χ3v) is 2.69. The highest BCUT2D eigenvalue weighted by molar-refractivity contribution is 6.08. The molecule has 0 N–H and O–H groups in total. The lowest BCUT2D eigenvalue weighted by Gasteiger charge is -2.05. The molecule has 1 aliphatic carbocycles. The number of carbonyl (C=O) groups excluding carboxylic acids is 1. The number of hydrogen-bond donors (Lipinski definition) is 0. The van der Waals surface area contributed by atoms with Gasteiger partial charge in [-0.05, 0) is 36.6 Å². The molecule has 1 aliphatic rings. The molecule has 0 fully saturated rings. The van der Waals surface area contributed by atoms with Crippen molar-refractivity contribution in [3.63, 3.8) is 0 Å². The van der Waals surface area contributed by atoms with Gasteiger partial charge in [-0.2, -0.15) is 0 Å². The Morgan fingerprint density at radius 1 is 1.33 bits per heavy atom. The molecule has 0 aliphatic heterocycles. The van der Waals surface area contributed by atoms with Gasteiger partial charge >= 0.3 is 0 Å². The van der Waals surface area contributed by atoms with Gasteiger partial charge in [-0.15, -0.1) is 0 Å². The lowest BCUT2D eigenvalue weighted by atomic mass is 9.99. The first-order valence-corrected chi connectivity index (χ1v) is 5.18. The Hall–Kier alpha value is -1.63. The van der Waals surface area contributed by atoms with E-state index < -0.39 is 0 Å². The quantitative estimate of drug-likeness (QED) is 0.676. The maximum absolute atomic E-state index is 11.4. The number of ketones is 1. The summed E-state index contributed by atoms with van der Waals surface area (Å²) in [5, 5.41) is 0. The molecule has 0 heterocycles. The fourth-order valence-corrected chi connectivity index (χ4v) is 1.93. The van der Waals surface area contributed by atoms with E-state index in [4.69, 9.17) is 0 Å². The summed E-state index contributed by atoms with van der Waals surface area (Å²) in [6, 6.07) is 8.27. The zero-order chi connectivity index (χ0) is 10.8. The van der Waals surface area contributed by atoms with Crippen LogP contribution in [-0.2, 0) is 4.79 Å². The molecule has 0 aromatic heterocycles. The van der Waals surface area contributed by atoms with Crippen molar-refractivity contribution in [3.05, 3.63) is 53.1 Å². The second-order valence-corrected chi connectivity index (χ2v) is 3.88. The van der Waals surface area contributed by atoms with Crippen LogP contribution >= 0.6 is 0 Å². The maximum Gasteiger partial charge on any atom is 0.160 e. The van der Waals surface area contributed by atoms with Crippen LogP contribution in [-0.4, -0.2) is 5.78 Å². The zero-order valence-electron chi connectivity index (χ0n) is 9.08. The number of aryl methyl sites for hydroxylation is 1. The fraction of sp³-hybridized carbons (Fsp3) is 0.214. The summed E-state index contributed by atoms with van der Waals surface area (Å²) in [5.74, 6) is 0.208.